The van der Waals surface area contributed by atoms with Crippen molar-refractivity contribution in [3.05, 3.63) is 78.1 Å². The number of anilines is 1. The molecule has 0 amide bonds. The van der Waals surface area contributed by atoms with E-state index in [1.807, 2.05) is 54.9 Å². The molecular formula is C19H16N4S. The van der Waals surface area contributed by atoms with Gasteiger partial charge in [0.05, 0.1) is 27.8 Å². The minimum Gasteiger partial charge on any atom is -0.292 e. The molecule has 0 unspecified atom stereocenters. The molecule has 0 aliphatic carbocycles. The van der Waals surface area contributed by atoms with Crippen molar-refractivity contribution >= 4 is 33.5 Å². The van der Waals surface area contributed by atoms with Crippen LogP contribution in [0.4, 0.5) is 5.69 Å². The van der Waals surface area contributed by atoms with Gasteiger partial charge in [-0.15, -0.1) is 0 Å². The van der Waals surface area contributed by atoms with Gasteiger partial charge in [-0.1, -0.05) is 35.6 Å². The van der Waals surface area contributed by atoms with Gasteiger partial charge in [-0.25, -0.2) is 4.98 Å². The van der Waals surface area contributed by atoms with Crippen LogP contribution in [0.25, 0.3) is 15.3 Å². The summed E-state index contributed by atoms with van der Waals surface area (Å²) in [4.78, 5) is 4.72. The van der Waals surface area contributed by atoms with Gasteiger partial charge in [0, 0.05) is 6.20 Å². The molecule has 0 spiro atoms. The fourth-order valence-electron chi connectivity index (χ4n) is 2.48. The van der Waals surface area contributed by atoms with E-state index in [9.17, 15) is 0 Å². The fourth-order valence-corrected chi connectivity index (χ4v) is 3.55. The van der Waals surface area contributed by atoms with Crippen molar-refractivity contribution in [2.45, 2.75) is 6.92 Å². The molecule has 118 valence electrons. The van der Waals surface area contributed by atoms with Crippen LogP contribution in [0.1, 0.15) is 11.3 Å². The Hall–Kier alpha value is -2.92. The van der Waals surface area contributed by atoms with E-state index < -0.39 is 0 Å². The van der Waals surface area contributed by atoms with Gasteiger partial charge >= 0.3 is 0 Å². The zero-order valence-corrected chi connectivity index (χ0v) is 14.0. The third-order valence-corrected chi connectivity index (χ3v) is 4.70. The van der Waals surface area contributed by atoms with Crippen LogP contribution >= 0.6 is 11.3 Å². The lowest BCUT2D eigenvalue weighted by molar-refractivity contribution is 1.05. The molecule has 5 heteroatoms. The zero-order chi connectivity index (χ0) is 16.4. The van der Waals surface area contributed by atoms with Crippen LogP contribution in [0.5, 0.6) is 0 Å². The summed E-state index contributed by atoms with van der Waals surface area (Å²) in [6, 6.07) is 20.2. The van der Waals surface area contributed by atoms with Gasteiger partial charge < -0.3 is 0 Å². The van der Waals surface area contributed by atoms with Crippen LogP contribution in [-0.2, 0) is 0 Å². The van der Waals surface area contributed by atoms with E-state index in [1.54, 1.807) is 11.3 Å². The molecule has 4 rings (SSSR count). The van der Waals surface area contributed by atoms with Crippen LogP contribution in [0, 0.1) is 6.92 Å². The van der Waals surface area contributed by atoms with Gasteiger partial charge in [0.2, 0.25) is 0 Å². The number of nitrogens with one attached hydrogen (secondary N) is 1. The number of hydrogen-bond donors (Lipinski definition) is 1. The number of aryl methyl sites for hydroxylation is 1. The van der Waals surface area contributed by atoms with Gasteiger partial charge in [0.15, 0.2) is 5.13 Å². The number of rotatable bonds is 4. The molecule has 4 aromatic rings. The summed E-state index contributed by atoms with van der Waals surface area (Å²) in [5.74, 6) is 0. The molecule has 0 saturated carbocycles. The number of para-hydroxylation sites is 1. The predicted molar refractivity (Wildman–Crippen MR) is 101 cm³/mol. The lowest BCUT2D eigenvalue weighted by Crippen LogP contribution is -1.98. The van der Waals surface area contributed by atoms with Crippen molar-refractivity contribution in [3.63, 3.8) is 0 Å². The Morgan fingerprint density at radius 2 is 1.96 bits per heavy atom. The minimum atomic E-state index is 0.946. The fraction of sp³-hybridized carbons (Fsp3) is 0.0526. The van der Waals surface area contributed by atoms with Gasteiger partial charge in [0.25, 0.3) is 0 Å². The van der Waals surface area contributed by atoms with E-state index in [4.69, 9.17) is 4.98 Å². The smallest absolute Gasteiger partial charge is 0.195 e. The van der Waals surface area contributed by atoms with Crippen LogP contribution in [-0.4, -0.2) is 15.8 Å². The molecule has 0 aliphatic heterocycles. The molecule has 24 heavy (non-hydrogen) atoms. The normalized spacial score (nSPS) is 11.4. The molecular weight excluding hydrogens is 316 g/mol. The first-order valence-corrected chi connectivity index (χ1v) is 8.50. The van der Waals surface area contributed by atoms with Gasteiger partial charge in [-0.05, 0) is 48.9 Å². The second-order valence-electron chi connectivity index (χ2n) is 5.51. The molecule has 4 nitrogen and oxygen atoms in total. The maximum absolute atomic E-state index is 4.72. The zero-order valence-electron chi connectivity index (χ0n) is 13.2. The number of hydrogen-bond acceptors (Lipinski definition) is 4. The Labute approximate surface area is 144 Å². The van der Waals surface area contributed by atoms with Crippen molar-refractivity contribution in [1.82, 2.24) is 9.55 Å². The summed E-state index contributed by atoms with van der Waals surface area (Å²) < 4.78 is 3.25. The molecule has 0 aliphatic rings. The average molecular weight is 332 g/mol. The molecule has 0 saturated heterocycles. The molecule has 1 N–H and O–H groups in total. The largest absolute Gasteiger partial charge is 0.292 e. The second-order valence-corrected chi connectivity index (χ2v) is 6.52. The molecule has 0 radical (unpaired) electrons. The van der Waals surface area contributed by atoms with Crippen LogP contribution in [0.15, 0.2) is 72.0 Å². The lowest BCUT2D eigenvalue weighted by Gasteiger charge is -2.01. The maximum atomic E-state index is 4.72. The first-order chi connectivity index (χ1) is 11.8. The summed E-state index contributed by atoms with van der Waals surface area (Å²) >= 11 is 1.68. The first-order valence-electron chi connectivity index (χ1n) is 7.69. The summed E-state index contributed by atoms with van der Waals surface area (Å²) in [7, 11) is 0. The summed E-state index contributed by atoms with van der Waals surface area (Å²) in [6.07, 6.45) is 3.82. The van der Waals surface area contributed by atoms with Gasteiger partial charge in [0.1, 0.15) is 0 Å². The van der Waals surface area contributed by atoms with E-state index in [0.29, 0.717) is 0 Å². The number of benzene rings is 2. The van der Waals surface area contributed by atoms with Crippen LogP contribution in [0.2, 0.25) is 0 Å². The van der Waals surface area contributed by atoms with Crippen molar-refractivity contribution in [3.8, 4) is 5.13 Å². The Morgan fingerprint density at radius 1 is 1.08 bits per heavy atom. The van der Waals surface area contributed by atoms with E-state index in [1.165, 1.54) is 10.3 Å². The molecule has 2 aromatic carbocycles. The van der Waals surface area contributed by atoms with E-state index in [0.717, 1.165) is 22.0 Å². The Morgan fingerprint density at radius 3 is 2.83 bits per heavy atom. The lowest BCUT2D eigenvalue weighted by atomic mass is 10.2. The first kappa shape index (κ1) is 14.7. The summed E-state index contributed by atoms with van der Waals surface area (Å²) in [5, 5.41) is 5.27. The molecule has 2 aromatic heterocycles. The van der Waals surface area contributed by atoms with E-state index >= 15 is 0 Å². The van der Waals surface area contributed by atoms with E-state index in [-0.39, 0.29) is 0 Å². The third kappa shape index (κ3) is 2.94. The number of nitrogens with zero attached hydrogens (tertiary/aromatic N) is 3. The molecule has 0 bridgehead atoms. The average Bonchev–Trinajstić information content (AvgIpc) is 3.21. The van der Waals surface area contributed by atoms with Crippen molar-refractivity contribution in [1.29, 1.82) is 0 Å². The maximum Gasteiger partial charge on any atom is 0.195 e. The topological polar surface area (TPSA) is 42.2 Å². The summed E-state index contributed by atoms with van der Waals surface area (Å²) in [5.41, 5.74) is 7.25. The standard InChI is InChI=1S/C19H16N4S/c1-14-9-10-17-18(12-14)24-19(21-17)23-11-5-8-16(23)13-20-22-15-6-3-2-4-7-15/h2-13,22H,1H3/b20-13-. The monoisotopic (exact) mass is 332 g/mol. The third-order valence-electron chi connectivity index (χ3n) is 3.68. The highest BCUT2D eigenvalue weighted by Crippen LogP contribution is 2.26. The minimum absolute atomic E-state index is 0.946. The highest BCUT2D eigenvalue weighted by atomic mass is 32.1. The quantitative estimate of drug-likeness (QED) is 0.429. The Kier molecular flexibility index (Phi) is 3.84. The highest BCUT2D eigenvalue weighted by molar-refractivity contribution is 7.20. The predicted octanol–water partition coefficient (Wildman–Crippen LogP) is 4.84. The van der Waals surface area contributed by atoms with Crippen LogP contribution in [0.3, 0.4) is 0 Å². The van der Waals surface area contributed by atoms with Crippen molar-refractivity contribution in [2.75, 3.05) is 5.43 Å². The SMILES string of the molecule is Cc1ccc2nc(-n3cccc3/C=N\Nc3ccccc3)sc2c1. The van der Waals surface area contributed by atoms with Gasteiger partial charge in [-0.3, -0.25) is 9.99 Å². The Balaban J connectivity index is 1.61. The molecule has 0 fully saturated rings. The number of fused-ring (bicyclic) bond motifs is 1. The highest BCUT2D eigenvalue weighted by Gasteiger charge is 2.08. The number of aromatic nitrogens is 2. The molecule has 2 heterocycles. The Bertz CT molecular complexity index is 999. The summed E-state index contributed by atoms with van der Waals surface area (Å²) in [6.45, 7) is 2.10. The molecule has 0 atom stereocenters. The second kappa shape index (κ2) is 6.29. The van der Waals surface area contributed by atoms with Crippen LogP contribution < -0.4 is 5.43 Å². The van der Waals surface area contributed by atoms with Gasteiger partial charge in [-0.2, -0.15) is 5.10 Å². The van der Waals surface area contributed by atoms with E-state index in [2.05, 4.69) is 40.2 Å². The van der Waals surface area contributed by atoms with Crippen molar-refractivity contribution < 1.29 is 0 Å². The number of hydrazone groups is 1. The van der Waals surface area contributed by atoms with Crippen molar-refractivity contribution in [2.24, 2.45) is 5.10 Å². The number of thiazole rings is 1.